The molecule has 2 N–H and O–H groups in total. The topological polar surface area (TPSA) is 185 Å². The minimum Gasteiger partial charge on any atom is -0.496 e. The van der Waals surface area contributed by atoms with Gasteiger partial charge in [0, 0.05) is 62.9 Å². The van der Waals surface area contributed by atoms with Gasteiger partial charge >= 0.3 is 21.1 Å². The van der Waals surface area contributed by atoms with Crippen LogP contribution in [-0.2, 0) is 62.7 Å². The van der Waals surface area contributed by atoms with E-state index in [2.05, 4.69) is 101 Å². The Labute approximate surface area is 697 Å². The van der Waals surface area contributed by atoms with E-state index in [1.54, 1.807) is 12.4 Å². The smallest absolute Gasteiger partial charge is 0.494 e. The number of carbonyl (C=O) groups is 2. The predicted molar refractivity (Wildman–Crippen MR) is 461 cm³/mol. The zero-order chi connectivity index (χ0) is 81.0. The molecule has 0 bridgehead atoms. The number of halogens is 1. The van der Waals surface area contributed by atoms with Gasteiger partial charge in [0.1, 0.15) is 51.7 Å². The summed E-state index contributed by atoms with van der Waals surface area (Å²) in [6.07, 6.45) is 20.3. The molecule has 0 spiro atoms. The van der Waals surface area contributed by atoms with Crippen LogP contribution in [0.5, 0.6) is 51.7 Å². The summed E-state index contributed by atoms with van der Waals surface area (Å²) in [5.74, 6) is 6.27. The number of carboxylic acid groups (broad SMARTS) is 2. The molecule has 8 aromatic rings. The molecule has 8 aromatic carbocycles. The molecule has 18 rings (SSSR count). The van der Waals surface area contributed by atoms with Crippen LogP contribution in [-0.4, -0.2) is 122 Å². The van der Waals surface area contributed by atoms with Crippen molar-refractivity contribution in [2.45, 2.75) is 245 Å². The average molecular weight is 1680 g/mol. The monoisotopic (exact) mass is 1670 g/mol. The van der Waals surface area contributed by atoms with Gasteiger partial charge in [-0.2, -0.15) is 0 Å². The number of aryl methyl sites for hydroxylation is 1. The Balaban J connectivity index is 0.000000142. The number of benzene rings is 8. The summed E-state index contributed by atoms with van der Waals surface area (Å²) in [4.78, 5) is 18.0. The fraction of sp³-hybridized carbons (Fsp3) is 0.444. The molecule has 24 heteroatoms. The summed E-state index contributed by atoms with van der Waals surface area (Å²) >= 11 is 6.22. The van der Waals surface area contributed by atoms with Gasteiger partial charge in [-0.05, 0) is 250 Å². The molecule has 10 aliphatic rings. The first-order valence-electron chi connectivity index (χ1n) is 40.3. The van der Waals surface area contributed by atoms with Crippen LogP contribution in [0.25, 0.3) is 11.1 Å². The Morgan fingerprint density at radius 2 is 0.789 bits per heavy atom. The number of carboxylic acids is 2. The van der Waals surface area contributed by atoms with Crippen molar-refractivity contribution in [1.82, 2.24) is 0 Å². The van der Waals surface area contributed by atoms with Crippen LogP contribution < -0.4 is 67.2 Å². The van der Waals surface area contributed by atoms with Crippen LogP contribution in [0.15, 0.2) is 164 Å². The number of para-hydroxylation sites is 2. The van der Waals surface area contributed by atoms with Gasteiger partial charge < -0.3 is 66.6 Å². The van der Waals surface area contributed by atoms with E-state index < -0.39 is 33.1 Å². The predicted octanol–water partition coefficient (Wildman–Crippen LogP) is 17.2. The molecule has 0 unspecified atom stereocenters. The summed E-state index contributed by atoms with van der Waals surface area (Å²) in [6.45, 7) is 29.1. The van der Waals surface area contributed by atoms with Gasteiger partial charge in [0.05, 0.1) is 46.8 Å². The van der Waals surface area contributed by atoms with Crippen LogP contribution in [0.2, 0.25) is 5.02 Å². The number of ether oxygens (including phenoxy) is 6. The molecular weight excluding hydrogens is 1560 g/mol. The summed E-state index contributed by atoms with van der Waals surface area (Å²) < 4.78 is 72.0. The van der Waals surface area contributed by atoms with Crippen LogP contribution in [0.1, 0.15) is 192 Å². The molecule has 0 aromatic heterocycles. The molecule has 3 saturated heterocycles. The summed E-state index contributed by atoms with van der Waals surface area (Å²) in [7, 11) is 2.13. The summed E-state index contributed by atoms with van der Waals surface area (Å²) in [5, 5.41) is 17.2. The molecule has 7 aliphatic heterocycles. The average Bonchev–Trinajstić information content (AvgIpc) is 1.09. The molecular formula is C90H111B5ClO16PPd. The largest absolute Gasteiger partial charge is 0.496 e. The van der Waals surface area contributed by atoms with Crippen molar-refractivity contribution in [3.63, 3.8) is 0 Å². The first kappa shape index (κ1) is 88.0. The molecule has 3 aliphatic carbocycles. The minimum atomic E-state index is -0.833. The van der Waals surface area contributed by atoms with E-state index in [-0.39, 0.29) is 75.4 Å². The van der Waals surface area contributed by atoms with Crippen molar-refractivity contribution in [3.8, 4) is 62.9 Å². The molecule has 6 fully saturated rings. The molecule has 3 saturated carbocycles. The van der Waals surface area contributed by atoms with E-state index in [1.165, 1.54) is 107 Å². The fourth-order valence-electron chi connectivity index (χ4n) is 16.5. The van der Waals surface area contributed by atoms with Crippen LogP contribution in [0, 0.1) is 6.92 Å². The van der Waals surface area contributed by atoms with Gasteiger partial charge in [0.2, 0.25) is 0 Å². The second-order valence-electron chi connectivity index (χ2n) is 33.8. The minimum absolute atomic E-state index is 0. The van der Waals surface area contributed by atoms with Crippen LogP contribution >= 0.6 is 19.5 Å². The molecule has 0 radical (unpaired) electrons. The van der Waals surface area contributed by atoms with Gasteiger partial charge in [-0.1, -0.05) is 168 Å². The maximum Gasteiger partial charge on any atom is 0.494 e. The maximum atomic E-state index is 9.00. The molecule has 604 valence electrons. The Morgan fingerprint density at radius 1 is 0.430 bits per heavy atom. The van der Waals surface area contributed by atoms with Gasteiger partial charge in [0.15, 0.2) is 0 Å². The number of rotatable bonds is 8. The van der Waals surface area contributed by atoms with Gasteiger partial charge in [-0.3, -0.25) is 9.59 Å². The Kier molecular flexibility index (Phi) is 28.5. The quantitative estimate of drug-likeness (QED) is 0.108. The second-order valence-corrected chi connectivity index (χ2v) is 37.0. The van der Waals surface area contributed by atoms with Crippen molar-refractivity contribution in [3.05, 3.63) is 174 Å². The van der Waals surface area contributed by atoms with E-state index in [0.29, 0.717) is 11.1 Å². The van der Waals surface area contributed by atoms with E-state index in [1.807, 2.05) is 160 Å². The zero-order valence-corrected chi connectivity index (χ0v) is 72.6. The van der Waals surface area contributed by atoms with E-state index in [9.17, 15) is 0 Å². The Morgan fingerprint density at radius 3 is 1.21 bits per heavy atom. The summed E-state index contributed by atoms with van der Waals surface area (Å²) in [5.41, 5.74) is 11.4. The SMILES string of the molecule is CC(=O)O.CC(=O)O.CC1(C)OB(B2OC(C)(C)C(C)(C)O2)OC1(C)C.CC1(C)OB(c2ccc3c(c2)B2c4ccccc4Oc4cccc(c42)O3)OC1(C)C.COC1CCCC1.COc1cccc(C)c1-c1ccccc1P(C1CCCCC1)C1CCCCC1.Clc1ccc2c(c1)B1c3ccccc3Oc3cccc(c31)O2.[Pd]. The fourth-order valence-corrected chi connectivity index (χ4v) is 20.6. The van der Waals surface area contributed by atoms with Crippen LogP contribution in [0.4, 0.5) is 0 Å². The van der Waals surface area contributed by atoms with Gasteiger partial charge in [0.25, 0.3) is 25.4 Å². The first-order valence-corrected chi connectivity index (χ1v) is 42.2. The Bertz CT molecular complexity index is 4530. The van der Waals surface area contributed by atoms with E-state index in [0.717, 1.165) is 115 Å². The van der Waals surface area contributed by atoms with Gasteiger partial charge in [-0.15, -0.1) is 0 Å². The number of methoxy groups -OCH3 is 2. The third-order valence-corrected chi connectivity index (χ3v) is 28.2. The third-order valence-electron chi connectivity index (χ3n) is 24.4. The number of hydrogen-bond acceptors (Lipinski definition) is 14. The molecule has 0 amide bonds. The second kappa shape index (κ2) is 37.0. The summed E-state index contributed by atoms with van der Waals surface area (Å²) in [6, 6.07) is 56.1. The van der Waals surface area contributed by atoms with Crippen molar-refractivity contribution >= 4 is 110 Å². The van der Waals surface area contributed by atoms with Crippen molar-refractivity contribution < 1.29 is 96.6 Å². The van der Waals surface area contributed by atoms with Crippen molar-refractivity contribution in [2.75, 3.05) is 14.2 Å². The molecule has 7 heterocycles. The zero-order valence-electron chi connectivity index (χ0n) is 69.4. The Hall–Kier alpha value is -6.87. The normalized spacial score (nSPS) is 19.3. The van der Waals surface area contributed by atoms with E-state index in [4.69, 9.17) is 87.8 Å². The number of fused-ring (bicyclic) bond motifs is 8. The molecule has 114 heavy (non-hydrogen) atoms. The first-order chi connectivity index (χ1) is 53.7. The van der Waals surface area contributed by atoms with Crippen molar-refractivity contribution in [1.29, 1.82) is 0 Å². The molecule has 0 atom stereocenters. The van der Waals surface area contributed by atoms with Crippen molar-refractivity contribution in [2.24, 2.45) is 0 Å². The van der Waals surface area contributed by atoms with Crippen LogP contribution in [0.3, 0.4) is 0 Å². The standard InChI is InChI=1S/C26H35OP.C24H22B2O4.C18H10BClO2.C12H24B2O4.C6H12O.2C2H4O2.Pd/c1-20-12-11-18-24(27-2)26(20)23-17-9-10-19-25(23)28(21-13-5-3-6-14-21)22-15-7-4-8-16-22;1-23(2)24(3,4)30-26(29-23)15-12-13-19-17(14-15)25-16-8-5-6-9-18(16)27-20-10-7-11-21(28-19)22(20)25;20-11-8-9-15-13(10-11)19-12-4-1-2-5-14(12)21-16-6-3-7-17(22-15)18(16)19;1-9(2)10(3,4)16-13(15-9)14-17-11(5,6)12(7,8)18-14;1-7-6-4-2-3-5-6;2*1-2(3)4;/h9-12,17-19,21-22H,3-8,13-16H2,1-2H3;5-14H,1-4H3;1-10H;1-8H3;6H,2-5H2,1H3;2*1H3,(H,3,4);. The third kappa shape index (κ3) is 19.4. The number of hydrogen-bond donors (Lipinski definition) is 2. The van der Waals surface area contributed by atoms with Gasteiger partial charge in [-0.25, -0.2) is 0 Å². The maximum absolute atomic E-state index is 9.00. The number of aliphatic carboxylic acids is 2. The molecule has 16 nitrogen and oxygen atoms in total. The van der Waals surface area contributed by atoms with E-state index >= 15 is 0 Å².